The van der Waals surface area contributed by atoms with Crippen molar-refractivity contribution >= 4 is 0 Å². The van der Waals surface area contributed by atoms with Gasteiger partial charge in [-0.25, -0.2) is 0 Å². The zero-order valence-corrected chi connectivity index (χ0v) is 10.9. The van der Waals surface area contributed by atoms with Crippen molar-refractivity contribution in [2.45, 2.75) is 25.9 Å². The van der Waals surface area contributed by atoms with Crippen molar-refractivity contribution in [1.29, 1.82) is 0 Å². The molecular weight excluding hydrogens is 218 g/mol. The second-order valence-corrected chi connectivity index (χ2v) is 4.20. The topological polar surface area (TPSA) is 50.7 Å². The quantitative estimate of drug-likeness (QED) is 0.794. The second kappa shape index (κ2) is 6.47. The van der Waals surface area contributed by atoms with Crippen molar-refractivity contribution in [2.75, 3.05) is 20.8 Å². The van der Waals surface area contributed by atoms with Gasteiger partial charge in [0, 0.05) is 12.1 Å². The van der Waals surface area contributed by atoms with Crippen molar-refractivity contribution in [3.05, 3.63) is 23.8 Å². The molecule has 2 N–H and O–H groups in total. The van der Waals surface area contributed by atoms with Crippen LogP contribution in [-0.4, -0.2) is 32.0 Å². The van der Waals surface area contributed by atoms with Gasteiger partial charge >= 0.3 is 0 Å². The summed E-state index contributed by atoms with van der Waals surface area (Å²) in [6.07, 6.45) is 0. The van der Waals surface area contributed by atoms with Crippen LogP contribution >= 0.6 is 0 Å². The van der Waals surface area contributed by atoms with E-state index in [-0.39, 0.29) is 12.6 Å². The molecule has 96 valence electrons. The molecule has 0 amide bonds. The lowest BCUT2D eigenvalue weighted by molar-refractivity contribution is 0.236. The van der Waals surface area contributed by atoms with Crippen LogP contribution in [0.5, 0.6) is 11.5 Å². The van der Waals surface area contributed by atoms with Gasteiger partial charge in [-0.2, -0.15) is 0 Å². The summed E-state index contributed by atoms with van der Waals surface area (Å²) in [5.74, 6) is 1.45. The first-order valence-corrected chi connectivity index (χ1v) is 5.70. The maximum absolute atomic E-state index is 9.41. The average Bonchev–Trinajstić information content (AvgIpc) is 2.34. The number of rotatable bonds is 6. The van der Waals surface area contributed by atoms with Gasteiger partial charge < -0.3 is 19.9 Å². The molecule has 1 aromatic carbocycles. The van der Waals surface area contributed by atoms with E-state index >= 15 is 0 Å². The summed E-state index contributed by atoms with van der Waals surface area (Å²) in [5, 5.41) is 12.7. The first-order chi connectivity index (χ1) is 8.10. The second-order valence-electron chi connectivity index (χ2n) is 4.20. The third-order valence-electron chi connectivity index (χ3n) is 2.49. The van der Waals surface area contributed by atoms with E-state index in [1.807, 2.05) is 32.0 Å². The Kier molecular flexibility index (Phi) is 5.25. The van der Waals surface area contributed by atoms with Crippen molar-refractivity contribution in [2.24, 2.45) is 0 Å². The molecule has 0 aliphatic carbocycles. The van der Waals surface area contributed by atoms with Gasteiger partial charge in [0.15, 0.2) is 0 Å². The molecule has 0 saturated carbocycles. The molecule has 0 heterocycles. The van der Waals surface area contributed by atoms with Gasteiger partial charge in [-0.15, -0.1) is 0 Å². The molecule has 0 radical (unpaired) electrons. The average molecular weight is 239 g/mol. The summed E-state index contributed by atoms with van der Waals surface area (Å²) in [6, 6.07) is 5.80. The van der Waals surface area contributed by atoms with Crippen LogP contribution in [0.4, 0.5) is 0 Å². The highest BCUT2D eigenvalue weighted by Crippen LogP contribution is 2.26. The fourth-order valence-electron chi connectivity index (χ4n) is 1.69. The minimum atomic E-state index is -0.112. The molecule has 1 aromatic rings. The Morgan fingerprint density at radius 1 is 1.12 bits per heavy atom. The van der Waals surface area contributed by atoms with E-state index < -0.39 is 0 Å². The summed E-state index contributed by atoms with van der Waals surface area (Å²) in [7, 11) is 3.23. The zero-order valence-electron chi connectivity index (χ0n) is 10.9. The summed E-state index contributed by atoms with van der Waals surface area (Å²) in [6.45, 7) is 4.12. The number of hydrogen-bond donors (Lipinski definition) is 2. The zero-order chi connectivity index (χ0) is 12.8. The van der Waals surface area contributed by atoms with Crippen LogP contribution in [0.2, 0.25) is 0 Å². The van der Waals surface area contributed by atoms with Gasteiger partial charge in [-0.3, -0.25) is 0 Å². The molecule has 4 heteroatoms. The van der Waals surface area contributed by atoms with E-state index in [4.69, 9.17) is 9.47 Å². The third kappa shape index (κ3) is 3.91. The highest BCUT2D eigenvalue weighted by Gasteiger charge is 2.13. The third-order valence-corrected chi connectivity index (χ3v) is 2.49. The Bertz CT molecular complexity index is 330. The van der Waals surface area contributed by atoms with E-state index in [1.165, 1.54) is 0 Å². The predicted octanol–water partition coefficient (Wildman–Crippen LogP) is 1.74. The lowest BCUT2D eigenvalue weighted by Crippen LogP contribution is -2.30. The number of nitrogens with one attached hydrogen (secondary N) is 1. The van der Waals surface area contributed by atoms with Crippen molar-refractivity contribution in [3.8, 4) is 11.5 Å². The highest BCUT2D eigenvalue weighted by molar-refractivity contribution is 5.39. The molecule has 0 aliphatic rings. The van der Waals surface area contributed by atoms with Gasteiger partial charge in [-0.05, 0) is 17.7 Å². The summed E-state index contributed by atoms with van der Waals surface area (Å²) < 4.78 is 10.4. The van der Waals surface area contributed by atoms with E-state index in [9.17, 15) is 5.11 Å². The van der Waals surface area contributed by atoms with Crippen LogP contribution in [0, 0.1) is 0 Å². The molecule has 0 saturated heterocycles. The van der Waals surface area contributed by atoms with Crippen molar-refractivity contribution < 1.29 is 14.6 Å². The molecule has 4 nitrogen and oxygen atoms in total. The maximum Gasteiger partial charge on any atom is 0.122 e. The molecular formula is C13H21NO3. The van der Waals surface area contributed by atoms with E-state index in [0.717, 1.165) is 17.1 Å². The highest BCUT2D eigenvalue weighted by atomic mass is 16.5. The van der Waals surface area contributed by atoms with Gasteiger partial charge in [-0.1, -0.05) is 13.8 Å². The molecule has 0 aromatic heterocycles. The van der Waals surface area contributed by atoms with E-state index in [0.29, 0.717) is 6.04 Å². The van der Waals surface area contributed by atoms with Crippen molar-refractivity contribution in [1.82, 2.24) is 5.32 Å². The molecule has 1 unspecified atom stereocenters. The molecule has 0 bridgehead atoms. The maximum atomic E-state index is 9.41. The van der Waals surface area contributed by atoms with Crippen LogP contribution in [0.1, 0.15) is 25.5 Å². The van der Waals surface area contributed by atoms with E-state index in [2.05, 4.69) is 5.32 Å². The first-order valence-electron chi connectivity index (χ1n) is 5.70. The number of hydrogen-bond acceptors (Lipinski definition) is 4. The van der Waals surface area contributed by atoms with Crippen LogP contribution in [0.25, 0.3) is 0 Å². The standard InChI is InChI=1S/C13H21NO3/c1-9(2)14-13(8-15)10-5-11(16-3)7-12(6-10)17-4/h5-7,9,13-15H,8H2,1-4H3. The largest absolute Gasteiger partial charge is 0.497 e. The Morgan fingerprint density at radius 3 is 2.00 bits per heavy atom. The monoisotopic (exact) mass is 239 g/mol. The molecule has 1 atom stereocenters. The molecule has 0 fully saturated rings. The van der Waals surface area contributed by atoms with E-state index in [1.54, 1.807) is 14.2 Å². The Hall–Kier alpha value is -1.26. The van der Waals surface area contributed by atoms with Gasteiger partial charge in [0.25, 0.3) is 0 Å². The minimum absolute atomic E-state index is 0.0362. The van der Waals surface area contributed by atoms with Crippen LogP contribution < -0.4 is 14.8 Å². The van der Waals surface area contributed by atoms with Crippen LogP contribution in [0.15, 0.2) is 18.2 Å². The number of aliphatic hydroxyl groups is 1. The fraction of sp³-hybridized carbons (Fsp3) is 0.538. The smallest absolute Gasteiger partial charge is 0.122 e. The normalized spacial score (nSPS) is 12.6. The number of aliphatic hydroxyl groups excluding tert-OH is 1. The first kappa shape index (κ1) is 13.8. The summed E-state index contributed by atoms with van der Waals surface area (Å²) >= 11 is 0. The SMILES string of the molecule is COc1cc(OC)cc(C(CO)NC(C)C)c1. The Morgan fingerprint density at radius 2 is 1.65 bits per heavy atom. The lowest BCUT2D eigenvalue weighted by atomic mass is 10.1. The van der Waals surface area contributed by atoms with Gasteiger partial charge in [0.05, 0.1) is 26.9 Å². The molecule has 0 aliphatic heterocycles. The lowest BCUT2D eigenvalue weighted by Gasteiger charge is -2.20. The number of ether oxygens (including phenoxy) is 2. The Labute approximate surface area is 103 Å². The molecule has 0 spiro atoms. The van der Waals surface area contributed by atoms with Crippen LogP contribution in [-0.2, 0) is 0 Å². The summed E-state index contributed by atoms with van der Waals surface area (Å²) in [5.41, 5.74) is 0.956. The predicted molar refractivity (Wildman–Crippen MR) is 67.6 cm³/mol. The van der Waals surface area contributed by atoms with Crippen LogP contribution in [0.3, 0.4) is 0 Å². The minimum Gasteiger partial charge on any atom is -0.497 e. The van der Waals surface area contributed by atoms with Gasteiger partial charge in [0.2, 0.25) is 0 Å². The number of methoxy groups -OCH3 is 2. The molecule has 1 rings (SSSR count). The Balaban J connectivity index is 3.00. The fourth-order valence-corrected chi connectivity index (χ4v) is 1.69. The number of benzene rings is 1. The van der Waals surface area contributed by atoms with Gasteiger partial charge in [0.1, 0.15) is 11.5 Å². The van der Waals surface area contributed by atoms with Crippen molar-refractivity contribution in [3.63, 3.8) is 0 Å². The summed E-state index contributed by atoms with van der Waals surface area (Å²) in [4.78, 5) is 0. The molecule has 17 heavy (non-hydrogen) atoms.